The van der Waals surface area contributed by atoms with Crippen molar-refractivity contribution < 1.29 is 13.3 Å². The normalized spacial score (nSPS) is 16.0. The monoisotopic (exact) mass is 440 g/mol. The highest BCUT2D eigenvalue weighted by Gasteiger charge is 2.44. The van der Waals surface area contributed by atoms with E-state index in [2.05, 4.69) is 0 Å². The average Bonchev–Trinajstić information content (AvgIpc) is 2.73. The zero-order valence-electron chi connectivity index (χ0n) is 15.9. The third-order valence-corrected chi connectivity index (χ3v) is 7.12. The van der Waals surface area contributed by atoms with Crippen LogP contribution in [0.4, 0.5) is 5.69 Å². The van der Waals surface area contributed by atoms with Gasteiger partial charge in [-0.15, -0.1) is 0 Å². The molecule has 6 nitrogen and oxygen atoms in total. The Kier molecular flexibility index (Phi) is 5.09. The first-order valence-corrected chi connectivity index (χ1v) is 10.9. The van der Waals surface area contributed by atoms with Crippen LogP contribution in [-0.2, 0) is 10.0 Å². The molecule has 0 saturated heterocycles. The van der Waals surface area contributed by atoms with Crippen molar-refractivity contribution in [1.82, 2.24) is 0 Å². The largest absolute Gasteiger partial charge is 0.274 e. The Morgan fingerprint density at radius 1 is 0.967 bits per heavy atom. The third-order valence-electron chi connectivity index (χ3n) is 4.98. The van der Waals surface area contributed by atoms with Crippen LogP contribution in [0.15, 0.2) is 83.4 Å². The molecule has 30 heavy (non-hydrogen) atoms. The molecule has 0 fully saturated rings. The van der Waals surface area contributed by atoms with Crippen molar-refractivity contribution in [2.24, 2.45) is 0 Å². The number of benzene rings is 3. The van der Waals surface area contributed by atoms with Gasteiger partial charge in [-0.1, -0.05) is 65.7 Å². The van der Waals surface area contributed by atoms with Gasteiger partial charge in [0.05, 0.1) is 15.5 Å². The molecule has 1 aliphatic heterocycles. The summed E-state index contributed by atoms with van der Waals surface area (Å²) in [4.78, 5) is 11.5. The van der Waals surface area contributed by atoms with Crippen molar-refractivity contribution in [2.45, 2.75) is 17.9 Å². The molecular weight excluding hydrogens is 424 g/mol. The van der Waals surface area contributed by atoms with Crippen LogP contribution in [-0.4, -0.2) is 13.3 Å². The van der Waals surface area contributed by atoms with Crippen molar-refractivity contribution in [1.29, 1.82) is 0 Å². The fourth-order valence-electron chi connectivity index (χ4n) is 3.53. The SMILES string of the molecule is Cc1ccc(S(=O)(=O)N2c3ccccc3C=C([N+](=O)[O-])[C@@H]2c2ccccc2Cl)cc1. The van der Waals surface area contributed by atoms with Crippen LogP contribution in [0.1, 0.15) is 22.7 Å². The van der Waals surface area contributed by atoms with Crippen molar-refractivity contribution in [3.8, 4) is 0 Å². The molecule has 0 aliphatic carbocycles. The lowest BCUT2D eigenvalue weighted by Crippen LogP contribution is -2.39. The van der Waals surface area contributed by atoms with Gasteiger partial charge < -0.3 is 0 Å². The molecule has 152 valence electrons. The molecule has 0 saturated carbocycles. The van der Waals surface area contributed by atoms with E-state index in [0.717, 1.165) is 9.87 Å². The van der Waals surface area contributed by atoms with Gasteiger partial charge in [-0.3, -0.25) is 10.1 Å². The predicted molar refractivity (Wildman–Crippen MR) is 116 cm³/mol. The zero-order chi connectivity index (χ0) is 21.5. The number of nitro groups is 1. The lowest BCUT2D eigenvalue weighted by molar-refractivity contribution is -0.428. The first kappa shape index (κ1) is 20.1. The molecule has 0 amide bonds. The van der Waals surface area contributed by atoms with E-state index in [1.165, 1.54) is 18.2 Å². The number of sulfonamides is 1. The molecule has 1 heterocycles. The zero-order valence-corrected chi connectivity index (χ0v) is 17.5. The van der Waals surface area contributed by atoms with E-state index in [9.17, 15) is 18.5 Å². The van der Waals surface area contributed by atoms with Crippen molar-refractivity contribution in [3.63, 3.8) is 0 Å². The second kappa shape index (κ2) is 7.59. The number of para-hydroxylation sites is 1. The second-order valence-electron chi connectivity index (χ2n) is 6.92. The first-order chi connectivity index (χ1) is 14.3. The van der Waals surface area contributed by atoms with Crippen LogP contribution in [0, 0.1) is 17.0 Å². The molecule has 0 bridgehead atoms. The van der Waals surface area contributed by atoms with E-state index >= 15 is 0 Å². The molecular formula is C22H17ClN2O4S. The lowest BCUT2D eigenvalue weighted by Gasteiger charge is -2.35. The molecule has 1 aliphatic rings. The number of aryl methyl sites for hydroxylation is 1. The van der Waals surface area contributed by atoms with Gasteiger partial charge in [0.2, 0.25) is 0 Å². The van der Waals surface area contributed by atoms with Gasteiger partial charge in [-0.2, -0.15) is 0 Å². The van der Waals surface area contributed by atoms with Gasteiger partial charge in [-0.05, 0) is 31.2 Å². The van der Waals surface area contributed by atoms with E-state index < -0.39 is 21.0 Å². The molecule has 0 N–H and O–H groups in total. The Morgan fingerprint density at radius 2 is 1.60 bits per heavy atom. The fraction of sp³-hybridized carbons (Fsp3) is 0.0909. The summed E-state index contributed by atoms with van der Waals surface area (Å²) >= 11 is 6.37. The second-order valence-corrected chi connectivity index (χ2v) is 9.15. The van der Waals surface area contributed by atoms with Crippen molar-refractivity contribution in [2.75, 3.05) is 4.31 Å². The van der Waals surface area contributed by atoms with Crippen LogP contribution in [0.5, 0.6) is 0 Å². The minimum absolute atomic E-state index is 0.0459. The van der Waals surface area contributed by atoms with Gasteiger partial charge in [0.25, 0.3) is 15.7 Å². The van der Waals surface area contributed by atoms with E-state index in [-0.39, 0.29) is 15.6 Å². The summed E-state index contributed by atoms with van der Waals surface area (Å²) in [6.45, 7) is 1.85. The number of anilines is 1. The highest BCUT2D eigenvalue weighted by atomic mass is 35.5. The lowest BCUT2D eigenvalue weighted by atomic mass is 9.97. The van der Waals surface area contributed by atoms with Crippen LogP contribution in [0.25, 0.3) is 6.08 Å². The molecule has 3 aromatic rings. The smallest absolute Gasteiger partial charge is 0.259 e. The van der Waals surface area contributed by atoms with Gasteiger partial charge in [0.1, 0.15) is 0 Å². The Balaban J connectivity index is 2.03. The van der Waals surface area contributed by atoms with E-state index in [4.69, 9.17) is 11.6 Å². The summed E-state index contributed by atoms with van der Waals surface area (Å²) in [5.74, 6) is 0. The van der Waals surface area contributed by atoms with E-state index in [1.54, 1.807) is 60.7 Å². The molecule has 1 atom stereocenters. The summed E-state index contributed by atoms with van der Waals surface area (Å²) in [5, 5.41) is 12.2. The van der Waals surface area contributed by atoms with Crippen LogP contribution in [0.3, 0.4) is 0 Å². The summed E-state index contributed by atoms with van der Waals surface area (Å²) < 4.78 is 28.6. The quantitative estimate of drug-likeness (QED) is 0.411. The van der Waals surface area contributed by atoms with Crippen LogP contribution >= 0.6 is 11.6 Å². The van der Waals surface area contributed by atoms with Crippen LogP contribution in [0.2, 0.25) is 5.02 Å². The van der Waals surface area contributed by atoms with E-state index in [0.29, 0.717) is 16.8 Å². The maximum atomic E-state index is 13.8. The maximum absolute atomic E-state index is 13.8. The summed E-state index contributed by atoms with van der Waals surface area (Å²) in [6.07, 6.45) is 1.41. The minimum atomic E-state index is -4.14. The summed E-state index contributed by atoms with van der Waals surface area (Å²) in [5.41, 5.74) is 1.78. The third kappa shape index (κ3) is 3.36. The first-order valence-electron chi connectivity index (χ1n) is 9.11. The number of hydrogen-bond donors (Lipinski definition) is 0. The van der Waals surface area contributed by atoms with Gasteiger partial charge in [0, 0.05) is 22.2 Å². The number of rotatable bonds is 4. The molecule has 4 rings (SSSR count). The standard InChI is InChI=1S/C22H17ClN2O4S/c1-15-10-12-17(13-11-15)30(28,29)24-20-9-5-2-6-16(20)14-21(25(26)27)22(24)18-7-3-4-8-19(18)23/h2-14,22H,1H3/t22-/m0/s1. The molecule has 0 aromatic heterocycles. The van der Waals surface area contributed by atoms with Gasteiger partial charge >= 0.3 is 0 Å². The summed E-state index contributed by atoms with van der Waals surface area (Å²) in [7, 11) is -4.14. The Morgan fingerprint density at radius 3 is 2.27 bits per heavy atom. The summed E-state index contributed by atoms with van der Waals surface area (Å²) in [6, 6.07) is 18.4. The van der Waals surface area contributed by atoms with Crippen LogP contribution < -0.4 is 4.31 Å². The topological polar surface area (TPSA) is 80.5 Å². The number of halogens is 1. The molecule has 0 unspecified atom stereocenters. The highest BCUT2D eigenvalue weighted by molar-refractivity contribution is 7.92. The Hall–Kier alpha value is -3.16. The average molecular weight is 441 g/mol. The Labute approximate surface area is 179 Å². The van der Waals surface area contributed by atoms with Gasteiger partial charge in [-0.25, -0.2) is 12.7 Å². The van der Waals surface area contributed by atoms with Crippen molar-refractivity contribution in [3.05, 3.63) is 110 Å². The number of nitrogens with zero attached hydrogens (tertiary/aromatic N) is 2. The molecule has 3 aromatic carbocycles. The van der Waals surface area contributed by atoms with Gasteiger partial charge in [0.15, 0.2) is 6.04 Å². The highest BCUT2D eigenvalue weighted by Crippen LogP contribution is 2.45. The molecule has 0 radical (unpaired) electrons. The molecule has 0 spiro atoms. The predicted octanol–water partition coefficient (Wildman–Crippen LogP) is 5.22. The Bertz CT molecular complexity index is 1270. The molecule has 8 heteroatoms. The number of fused-ring (bicyclic) bond motifs is 1. The maximum Gasteiger partial charge on any atom is 0.274 e. The minimum Gasteiger partial charge on any atom is -0.259 e. The van der Waals surface area contributed by atoms with E-state index in [1.807, 2.05) is 6.92 Å². The number of hydrogen-bond acceptors (Lipinski definition) is 4. The fourth-order valence-corrected chi connectivity index (χ4v) is 5.41. The van der Waals surface area contributed by atoms with Crippen molar-refractivity contribution >= 4 is 33.4 Å².